The normalized spacial score (nSPS) is 16.3. The quantitative estimate of drug-likeness (QED) is 0.581. The molecular weight excluding hydrogens is 423 g/mol. The molecule has 5 nitrogen and oxygen atoms in total. The second kappa shape index (κ2) is 9.48. The number of methoxy groups -OCH3 is 1. The van der Waals surface area contributed by atoms with E-state index in [9.17, 15) is 0 Å². The molecule has 0 spiro atoms. The van der Waals surface area contributed by atoms with E-state index in [2.05, 4.69) is 35.2 Å². The number of hydrogen-bond donors (Lipinski definition) is 1. The molecule has 0 atom stereocenters. The van der Waals surface area contributed by atoms with Crippen molar-refractivity contribution in [1.29, 1.82) is 0 Å². The van der Waals surface area contributed by atoms with Gasteiger partial charge in [-0.3, -0.25) is 4.90 Å². The van der Waals surface area contributed by atoms with Crippen LogP contribution in [0.15, 0.2) is 36.4 Å². The molecular formula is C23H28Cl2N2O3. The van der Waals surface area contributed by atoms with Crippen LogP contribution >= 0.6 is 24.8 Å². The van der Waals surface area contributed by atoms with Crippen molar-refractivity contribution in [2.24, 2.45) is 11.7 Å². The van der Waals surface area contributed by atoms with E-state index in [0.29, 0.717) is 5.92 Å². The van der Waals surface area contributed by atoms with Crippen molar-refractivity contribution in [3.8, 4) is 17.2 Å². The molecule has 3 aromatic carbocycles. The zero-order valence-corrected chi connectivity index (χ0v) is 18.7. The van der Waals surface area contributed by atoms with E-state index in [-0.39, 0.29) is 31.6 Å². The zero-order valence-electron chi connectivity index (χ0n) is 17.1. The maximum Gasteiger partial charge on any atom is 0.231 e. The molecule has 0 aliphatic carbocycles. The van der Waals surface area contributed by atoms with E-state index < -0.39 is 0 Å². The molecule has 1 fully saturated rings. The SMILES string of the molecule is COc1ccc2c(CN3CCC(CN)CC3)cc3cc4c(cc3c2c1)OCO4.Cl.Cl. The van der Waals surface area contributed by atoms with Gasteiger partial charge >= 0.3 is 0 Å². The molecule has 0 radical (unpaired) electrons. The monoisotopic (exact) mass is 450 g/mol. The zero-order chi connectivity index (χ0) is 19.1. The van der Waals surface area contributed by atoms with Gasteiger partial charge in [-0.1, -0.05) is 6.07 Å². The van der Waals surface area contributed by atoms with Crippen molar-refractivity contribution < 1.29 is 14.2 Å². The first-order valence-electron chi connectivity index (χ1n) is 10.0. The molecule has 2 aliphatic rings. The van der Waals surface area contributed by atoms with Gasteiger partial charge in [-0.15, -0.1) is 24.8 Å². The summed E-state index contributed by atoms with van der Waals surface area (Å²) in [5, 5.41) is 4.82. The topological polar surface area (TPSA) is 57.0 Å². The molecule has 2 N–H and O–H groups in total. The standard InChI is InChI=1S/C23H26N2O3.2ClH/c1-26-18-2-3-19-17(13-25-6-4-15(12-24)5-7-25)8-16-9-22-23(28-14-27-22)11-20(16)21(19)10-18;;/h2-3,8-11,15H,4-7,12-14,24H2,1H3;2*1H. The molecule has 0 unspecified atom stereocenters. The largest absolute Gasteiger partial charge is 0.497 e. The van der Waals surface area contributed by atoms with Gasteiger partial charge in [-0.2, -0.15) is 0 Å². The summed E-state index contributed by atoms with van der Waals surface area (Å²) in [5.41, 5.74) is 7.20. The van der Waals surface area contributed by atoms with E-state index in [1.54, 1.807) is 7.11 Å². The summed E-state index contributed by atoms with van der Waals surface area (Å²) in [5.74, 6) is 3.18. The Balaban J connectivity index is 0.00000128. The van der Waals surface area contributed by atoms with Crippen LogP contribution in [0.3, 0.4) is 0 Å². The van der Waals surface area contributed by atoms with Gasteiger partial charge in [0.25, 0.3) is 0 Å². The highest BCUT2D eigenvalue weighted by Gasteiger charge is 2.21. The van der Waals surface area contributed by atoms with Crippen LogP contribution in [0.1, 0.15) is 18.4 Å². The summed E-state index contributed by atoms with van der Waals surface area (Å²) < 4.78 is 16.7. The Labute approximate surface area is 189 Å². The predicted molar refractivity (Wildman–Crippen MR) is 126 cm³/mol. The van der Waals surface area contributed by atoms with Gasteiger partial charge < -0.3 is 19.9 Å². The highest BCUT2D eigenvalue weighted by Crippen LogP contribution is 2.40. The Morgan fingerprint density at radius 3 is 2.40 bits per heavy atom. The van der Waals surface area contributed by atoms with Gasteiger partial charge in [0.2, 0.25) is 6.79 Å². The van der Waals surface area contributed by atoms with Crippen LogP contribution in [0.2, 0.25) is 0 Å². The molecule has 2 heterocycles. The molecule has 162 valence electrons. The molecule has 30 heavy (non-hydrogen) atoms. The first-order valence-corrected chi connectivity index (χ1v) is 10.0. The maximum atomic E-state index is 5.86. The van der Waals surface area contributed by atoms with Crippen molar-refractivity contribution in [2.75, 3.05) is 33.5 Å². The summed E-state index contributed by atoms with van der Waals surface area (Å²) >= 11 is 0. The van der Waals surface area contributed by atoms with E-state index in [1.165, 1.54) is 39.9 Å². The van der Waals surface area contributed by atoms with Crippen molar-refractivity contribution >= 4 is 46.4 Å². The Bertz CT molecular complexity index is 1040. The fraction of sp³-hybridized carbons (Fsp3) is 0.391. The van der Waals surface area contributed by atoms with E-state index in [1.807, 2.05) is 6.07 Å². The lowest BCUT2D eigenvalue weighted by molar-refractivity contribution is 0.174. The Morgan fingerprint density at radius 1 is 0.967 bits per heavy atom. The van der Waals surface area contributed by atoms with Gasteiger partial charge in [-0.05, 0) is 95.8 Å². The number of ether oxygens (including phenoxy) is 3. The molecule has 1 saturated heterocycles. The lowest BCUT2D eigenvalue weighted by Crippen LogP contribution is -2.35. The summed E-state index contributed by atoms with van der Waals surface area (Å²) in [4.78, 5) is 2.55. The van der Waals surface area contributed by atoms with Gasteiger partial charge in [0.05, 0.1) is 7.11 Å². The third kappa shape index (κ3) is 4.12. The van der Waals surface area contributed by atoms with Crippen LogP contribution < -0.4 is 19.9 Å². The highest BCUT2D eigenvalue weighted by molar-refractivity contribution is 6.10. The molecule has 0 aromatic heterocycles. The average molecular weight is 451 g/mol. The number of hydrogen-bond acceptors (Lipinski definition) is 5. The predicted octanol–water partition coefficient (Wildman–Crippen LogP) is 4.74. The number of benzene rings is 3. The summed E-state index contributed by atoms with van der Waals surface area (Å²) in [6, 6.07) is 12.9. The fourth-order valence-electron chi connectivity index (χ4n) is 4.48. The van der Waals surface area contributed by atoms with Crippen LogP contribution in [0.5, 0.6) is 17.2 Å². The minimum atomic E-state index is 0. The van der Waals surface area contributed by atoms with Crippen LogP contribution in [0, 0.1) is 5.92 Å². The number of halogens is 2. The smallest absolute Gasteiger partial charge is 0.231 e. The number of likely N-dealkylation sites (tertiary alicyclic amines) is 1. The van der Waals surface area contributed by atoms with Crippen molar-refractivity contribution in [3.63, 3.8) is 0 Å². The van der Waals surface area contributed by atoms with E-state index in [4.69, 9.17) is 19.9 Å². The van der Waals surface area contributed by atoms with Crippen LogP contribution in [0.25, 0.3) is 21.5 Å². The average Bonchev–Trinajstić information content (AvgIpc) is 3.20. The number of nitrogens with two attached hydrogens (primary N) is 1. The highest BCUT2D eigenvalue weighted by atomic mass is 35.5. The van der Waals surface area contributed by atoms with E-state index in [0.717, 1.165) is 43.4 Å². The summed E-state index contributed by atoms with van der Waals surface area (Å²) in [7, 11) is 1.71. The van der Waals surface area contributed by atoms with Crippen molar-refractivity contribution in [3.05, 3.63) is 42.0 Å². The summed E-state index contributed by atoms with van der Waals surface area (Å²) in [6.45, 7) is 4.26. The molecule has 2 aliphatic heterocycles. The Hall–Kier alpha value is -1.92. The fourth-order valence-corrected chi connectivity index (χ4v) is 4.48. The minimum Gasteiger partial charge on any atom is -0.497 e. The molecule has 0 amide bonds. The molecule has 7 heteroatoms. The first-order chi connectivity index (χ1) is 13.7. The number of rotatable bonds is 4. The van der Waals surface area contributed by atoms with Gasteiger partial charge in [0.15, 0.2) is 11.5 Å². The van der Waals surface area contributed by atoms with Crippen LogP contribution in [-0.2, 0) is 6.54 Å². The van der Waals surface area contributed by atoms with Crippen molar-refractivity contribution in [1.82, 2.24) is 4.90 Å². The Morgan fingerprint density at radius 2 is 1.70 bits per heavy atom. The lowest BCUT2D eigenvalue weighted by Gasteiger charge is -2.31. The second-order valence-corrected chi connectivity index (χ2v) is 7.83. The van der Waals surface area contributed by atoms with Gasteiger partial charge in [0.1, 0.15) is 5.75 Å². The third-order valence-electron chi connectivity index (χ3n) is 6.17. The second-order valence-electron chi connectivity index (χ2n) is 7.83. The van der Waals surface area contributed by atoms with Crippen LogP contribution in [-0.4, -0.2) is 38.4 Å². The molecule has 3 aromatic rings. The van der Waals surface area contributed by atoms with Crippen molar-refractivity contribution in [2.45, 2.75) is 19.4 Å². The maximum absolute atomic E-state index is 5.86. The van der Waals surface area contributed by atoms with E-state index >= 15 is 0 Å². The lowest BCUT2D eigenvalue weighted by atomic mass is 9.94. The number of piperidine rings is 1. The molecule has 5 rings (SSSR count). The third-order valence-corrected chi connectivity index (χ3v) is 6.17. The minimum absolute atomic E-state index is 0. The number of fused-ring (bicyclic) bond motifs is 4. The molecule has 0 saturated carbocycles. The Kier molecular flexibility index (Phi) is 7.19. The molecule has 0 bridgehead atoms. The first kappa shape index (κ1) is 22.8. The summed E-state index contributed by atoms with van der Waals surface area (Å²) in [6.07, 6.45) is 2.38. The van der Waals surface area contributed by atoms with Crippen LogP contribution in [0.4, 0.5) is 0 Å². The van der Waals surface area contributed by atoms with Gasteiger partial charge in [-0.25, -0.2) is 0 Å². The van der Waals surface area contributed by atoms with Gasteiger partial charge in [0, 0.05) is 6.54 Å². The number of nitrogens with zero attached hydrogens (tertiary/aromatic N) is 1.